The summed E-state index contributed by atoms with van der Waals surface area (Å²) in [4.78, 5) is 6.91. The van der Waals surface area contributed by atoms with Gasteiger partial charge in [0.05, 0.1) is 6.20 Å². The van der Waals surface area contributed by atoms with E-state index in [4.69, 9.17) is 0 Å². The Hall–Kier alpha value is -1.86. The van der Waals surface area contributed by atoms with Crippen LogP contribution in [0, 0.1) is 6.92 Å². The predicted molar refractivity (Wildman–Crippen MR) is 119 cm³/mol. The monoisotopic (exact) mass is 446 g/mol. The van der Waals surface area contributed by atoms with Gasteiger partial charge < -0.3 is 10.6 Å². The van der Waals surface area contributed by atoms with E-state index in [9.17, 15) is 0 Å². The number of hydrogen-bond acceptors (Lipinski definition) is 3. The maximum atomic E-state index is 4.38. The Morgan fingerprint density at radius 1 is 1.25 bits per heavy atom. The van der Waals surface area contributed by atoms with E-state index in [1.165, 1.54) is 11.1 Å². The van der Waals surface area contributed by atoms with E-state index >= 15 is 0 Å². The van der Waals surface area contributed by atoms with Gasteiger partial charge in [0.2, 0.25) is 0 Å². The van der Waals surface area contributed by atoms with Gasteiger partial charge in [-0.15, -0.1) is 0 Å². The molecule has 1 aromatic heterocycles. The van der Waals surface area contributed by atoms with Crippen LogP contribution in [0.15, 0.2) is 46.1 Å². The molecular formula is C21H31BrN6. The quantitative estimate of drug-likeness (QED) is 0.389. The molecule has 7 heteroatoms. The average Bonchev–Trinajstić information content (AvgIpc) is 3.12. The number of halogens is 1. The third kappa shape index (κ3) is 6.63. The molecule has 0 saturated carbocycles. The first-order chi connectivity index (χ1) is 13.6. The van der Waals surface area contributed by atoms with Crippen molar-refractivity contribution in [2.45, 2.75) is 45.3 Å². The average molecular weight is 447 g/mol. The van der Waals surface area contributed by atoms with Crippen molar-refractivity contribution in [3.63, 3.8) is 0 Å². The number of rotatable bonds is 7. The first-order valence-electron chi connectivity index (χ1n) is 10.1. The van der Waals surface area contributed by atoms with E-state index in [1.807, 2.05) is 17.9 Å². The van der Waals surface area contributed by atoms with Crippen LogP contribution in [0.3, 0.4) is 0 Å². The Morgan fingerprint density at radius 2 is 2.00 bits per heavy atom. The summed E-state index contributed by atoms with van der Waals surface area (Å²) >= 11 is 3.50. The first kappa shape index (κ1) is 20.9. The summed E-state index contributed by atoms with van der Waals surface area (Å²) in [6, 6.07) is 9.12. The van der Waals surface area contributed by atoms with E-state index in [0.29, 0.717) is 6.04 Å². The normalized spacial score (nSPS) is 16.3. The highest BCUT2D eigenvalue weighted by Crippen LogP contribution is 2.16. The fourth-order valence-corrected chi connectivity index (χ4v) is 3.77. The highest BCUT2D eigenvalue weighted by Gasteiger charge is 2.20. The van der Waals surface area contributed by atoms with Crippen molar-refractivity contribution in [3.05, 3.63) is 52.3 Å². The summed E-state index contributed by atoms with van der Waals surface area (Å²) in [5, 5.41) is 11.3. The molecule has 28 heavy (non-hydrogen) atoms. The summed E-state index contributed by atoms with van der Waals surface area (Å²) in [5.41, 5.74) is 2.58. The zero-order valence-electron chi connectivity index (χ0n) is 16.9. The molecule has 6 nitrogen and oxygen atoms in total. The second kappa shape index (κ2) is 10.6. The van der Waals surface area contributed by atoms with Crippen molar-refractivity contribution >= 4 is 21.9 Å². The number of benzene rings is 1. The molecule has 2 aromatic rings. The lowest BCUT2D eigenvalue weighted by Gasteiger charge is -2.33. The van der Waals surface area contributed by atoms with Gasteiger partial charge in [0.15, 0.2) is 5.96 Å². The molecule has 2 N–H and O–H groups in total. The molecule has 3 rings (SSSR count). The molecule has 0 radical (unpaired) electrons. The van der Waals surface area contributed by atoms with Crippen LogP contribution < -0.4 is 10.6 Å². The van der Waals surface area contributed by atoms with Gasteiger partial charge in [0.1, 0.15) is 0 Å². The maximum absolute atomic E-state index is 4.38. The molecule has 2 heterocycles. The van der Waals surface area contributed by atoms with Crippen molar-refractivity contribution in [3.8, 4) is 0 Å². The van der Waals surface area contributed by atoms with Crippen molar-refractivity contribution in [2.75, 3.05) is 26.7 Å². The zero-order chi connectivity index (χ0) is 19.8. The number of guanidine groups is 1. The smallest absolute Gasteiger partial charge is 0.191 e. The van der Waals surface area contributed by atoms with E-state index in [0.717, 1.165) is 62.4 Å². The number of nitrogens with zero attached hydrogens (tertiary/aromatic N) is 4. The maximum Gasteiger partial charge on any atom is 0.191 e. The van der Waals surface area contributed by atoms with Crippen LogP contribution in [-0.2, 0) is 13.1 Å². The minimum atomic E-state index is 0.487. The third-order valence-corrected chi connectivity index (χ3v) is 5.62. The van der Waals surface area contributed by atoms with Crippen LogP contribution in [0.2, 0.25) is 0 Å². The fraction of sp³-hybridized carbons (Fsp3) is 0.524. The molecule has 1 aromatic carbocycles. The van der Waals surface area contributed by atoms with Crippen LogP contribution in [0.5, 0.6) is 0 Å². The van der Waals surface area contributed by atoms with Gasteiger partial charge in [-0.25, -0.2) is 0 Å². The van der Waals surface area contributed by atoms with E-state index in [1.54, 1.807) is 0 Å². The molecule has 1 fully saturated rings. The second-order valence-corrected chi connectivity index (χ2v) is 8.37. The summed E-state index contributed by atoms with van der Waals surface area (Å²) in [7, 11) is 1.84. The summed E-state index contributed by atoms with van der Waals surface area (Å²) in [6.45, 7) is 7.14. The lowest BCUT2D eigenvalue weighted by molar-refractivity contribution is 0.198. The Balaban J connectivity index is 1.33. The third-order valence-electron chi connectivity index (χ3n) is 5.09. The van der Waals surface area contributed by atoms with Gasteiger partial charge in [-0.3, -0.25) is 14.6 Å². The number of hydrogen-bond donors (Lipinski definition) is 2. The number of likely N-dealkylation sites (tertiary alicyclic amines) is 1. The van der Waals surface area contributed by atoms with Crippen LogP contribution in [-0.4, -0.2) is 53.4 Å². The highest BCUT2D eigenvalue weighted by atomic mass is 79.9. The number of nitrogens with one attached hydrogen (secondary N) is 2. The fourth-order valence-electron chi connectivity index (χ4n) is 3.51. The minimum absolute atomic E-state index is 0.487. The molecule has 1 saturated heterocycles. The van der Waals surface area contributed by atoms with Gasteiger partial charge in [0, 0.05) is 56.5 Å². The molecule has 1 aliphatic rings. The topological polar surface area (TPSA) is 57.5 Å². The van der Waals surface area contributed by atoms with Crippen molar-refractivity contribution in [2.24, 2.45) is 4.99 Å². The number of aryl methyl sites for hydroxylation is 2. The molecule has 0 aliphatic carbocycles. The Labute approximate surface area is 176 Å². The summed E-state index contributed by atoms with van der Waals surface area (Å²) < 4.78 is 3.13. The SMILES string of the molecule is CN=C(NCCCn1cc(C)cn1)NC1CCN(Cc2ccc(Br)cc2)CC1. The molecule has 0 bridgehead atoms. The van der Waals surface area contributed by atoms with Crippen molar-refractivity contribution in [1.82, 2.24) is 25.3 Å². The summed E-state index contributed by atoms with van der Waals surface area (Å²) in [5.74, 6) is 0.906. The summed E-state index contributed by atoms with van der Waals surface area (Å²) in [6.07, 6.45) is 7.28. The van der Waals surface area contributed by atoms with Gasteiger partial charge in [0.25, 0.3) is 0 Å². The Morgan fingerprint density at radius 3 is 2.64 bits per heavy atom. The van der Waals surface area contributed by atoms with Crippen LogP contribution in [0.25, 0.3) is 0 Å². The molecule has 1 aliphatic heterocycles. The second-order valence-electron chi connectivity index (χ2n) is 7.45. The Bertz CT molecular complexity index is 747. The van der Waals surface area contributed by atoms with E-state index in [-0.39, 0.29) is 0 Å². The largest absolute Gasteiger partial charge is 0.356 e. The lowest BCUT2D eigenvalue weighted by Crippen LogP contribution is -2.48. The van der Waals surface area contributed by atoms with Crippen molar-refractivity contribution in [1.29, 1.82) is 0 Å². The van der Waals surface area contributed by atoms with E-state index in [2.05, 4.69) is 78.9 Å². The highest BCUT2D eigenvalue weighted by molar-refractivity contribution is 9.10. The van der Waals surface area contributed by atoms with Gasteiger partial charge in [-0.2, -0.15) is 5.10 Å². The van der Waals surface area contributed by atoms with Gasteiger partial charge in [-0.05, 0) is 49.4 Å². The zero-order valence-corrected chi connectivity index (χ0v) is 18.5. The van der Waals surface area contributed by atoms with Gasteiger partial charge >= 0.3 is 0 Å². The predicted octanol–water partition coefficient (Wildman–Crippen LogP) is 3.17. The lowest BCUT2D eigenvalue weighted by atomic mass is 10.0. The van der Waals surface area contributed by atoms with Crippen molar-refractivity contribution < 1.29 is 0 Å². The first-order valence-corrected chi connectivity index (χ1v) is 10.8. The number of aromatic nitrogens is 2. The molecule has 0 spiro atoms. The van der Waals surface area contributed by atoms with Gasteiger partial charge in [-0.1, -0.05) is 28.1 Å². The van der Waals surface area contributed by atoms with Crippen LogP contribution in [0.4, 0.5) is 0 Å². The van der Waals surface area contributed by atoms with Crippen LogP contribution >= 0.6 is 15.9 Å². The number of aliphatic imine (C=N–C) groups is 1. The molecule has 0 atom stereocenters. The molecule has 152 valence electrons. The molecular weight excluding hydrogens is 416 g/mol. The minimum Gasteiger partial charge on any atom is -0.356 e. The van der Waals surface area contributed by atoms with Crippen LogP contribution in [0.1, 0.15) is 30.4 Å². The standard InChI is InChI=1S/C21H31BrN6/c1-17-14-25-28(15-17)11-3-10-24-21(23-2)26-20-8-12-27(13-9-20)16-18-4-6-19(22)7-5-18/h4-7,14-15,20H,3,8-13,16H2,1-2H3,(H2,23,24,26). The Kier molecular flexibility index (Phi) is 7.91. The number of piperidine rings is 1. The molecule has 0 amide bonds. The molecule has 0 unspecified atom stereocenters. The van der Waals surface area contributed by atoms with E-state index < -0.39 is 0 Å².